The van der Waals surface area contributed by atoms with E-state index >= 15 is 0 Å². The number of hydrogen-bond acceptors (Lipinski definition) is 7. The van der Waals surface area contributed by atoms with Crippen LogP contribution in [-0.2, 0) is 32.6 Å². The molecule has 0 fully saturated rings. The van der Waals surface area contributed by atoms with Crippen LogP contribution in [0.25, 0.3) is 0 Å². The number of carbonyl (C=O) groups excluding carboxylic acids is 2. The molecule has 0 spiro atoms. The van der Waals surface area contributed by atoms with Crippen molar-refractivity contribution in [2.24, 2.45) is 0 Å². The molecule has 0 saturated carbocycles. The van der Waals surface area contributed by atoms with Crippen molar-refractivity contribution in [1.29, 1.82) is 0 Å². The Morgan fingerprint density at radius 3 is 2.34 bits per heavy atom. The fraction of sp³-hybridized carbons (Fsp3) is 0.278. The lowest BCUT2D eigenvalue weighted by Gasteiger charge is -2.34. The van der Waals surface area contributed by atoms with Gasteiger partial charge in [-0.25, -0.2) is 12.8 Å². The second kappa shape index (κ2) is 17.1. The second-order valence-corrected chi connectivity index (χ2v) is 13.8. The summed E-state index contributed by atoms with van der Waals surface area (Å²) in [5.41, 5.74) is 0.932. The van der Waals surface area contributed by atoms with Gasteiger partial charge in [0.1, 0.15) is 24.2 Å². The molecule has 4 rings (SSSR count). The number of nitro groups is 1. The van der Waals surface area contributed by atoms with Gasteiger partial charge in [-0.15, -0.1) is 0 Å². The summed E-state index contributed by atoms with van der Waals surface area (Å²) in [5.74, 6) is -1.69. The minimum Gasteiger partial charge on any atom is -0.495 e. The van der Waals surface area contributed by atoms with Gasteiger partial charge in [-0.1, -0.05) is 73.5 Å². The molecule has 264 valence electrons. The van der Waals surface area contributed by atoms with Gasteiger partial charge < -0.3 is 15.0 Å². The van der Waals surface area contributed by atoms with Gasteiger partial charge in [-0.05, 0) is 60.9 Å². The Bertz CT molecular complexity index is 1930. The van der Waals surface area contributed by atoms with E-state index in [0.29, 0.717) is 18.5 Å². The molecule has 0 aliphatic carbocycles. The molecule has 11 nitrogen and oxygen atoms in total. The highest BCUT2D eigenvalue weighted by Crippen LogP contribution is 2.36. The average molecular weight is 725 g/mol. The van der Waals surface area contributed by atoms with Gasteiger partial charge in [0.25, 0.3) is 15.7 Å². The topological polar surface area (TPSA) is 139 Å². The molecule has 1 atom stereocenters. The number of carbonyl (C=O) groups is 2. The highest BCUT2D eigenvalue weighted by Gasteiger charge is 2.36. The molecule has 14 heteroatoms. The van der Waals surface area contributed by atoms with E-state index in [1.54, 1.807) is 12.1 Å². The van der Waals surface area contributed by atoms with Gasteiger partial charge in [0.05, 0.1) is 22.6 Å². The number of sulfonamides is 1. The number of hydrogen-bond donors (Lipinski definition) is 1. The first kappa shape index (κ1) is 37.8. The normalized spacial score (nSPS) is 11.8. The number of unbranched alkanes of at least 4 members (excludes halogenated alkanes) is 1. The van der Waals surface area contributed by atoms with Crippen molar-refractivity contribution in [2.75, 3.05) is 24.5 Å². The lowest BCUT2D eigenvalue weighted by Crippen LogP contribution is -2.53. The number of methoxy groups -OCH3 is 1. The molecule has 0 aliphatic heterocycles. The summed E-state index contributed by atoms with van der Waals surface area (Å²) in [6, 6.07) is 21.0. The van der Waals surface area contributed by atoms with Crippen LogP contribution in [0.3, 0.4) is 0 Å². The summed E-state index contributed by atoms with van der Waals surface area (Å²) in [4.78, 5) is 40.4. The third-order valence-corrected chi connectivity index (χ3v) is 10.0. The van der Waals surface area contributed by atoms with Crippen molar-refractivity contribution in [3.8, 4) is 5.75 Å². The maximum Gasteiger partial charge on any atom is 0.273 e. The zero-order valence-electron chi connectivity index (χ0n) is 27.8. The van der Waals surface area contributed by atoms with E-state index in [4.69, 9.17) is 16.3 Å². The summed E-state index contributed by atoms with van der Waals surface area (Å²) in [7, 11) is -3.40. The third kappa shape index (κ3) is 9.36. The molecule has 0 saturated heterocycles. The Morgan fingerprint density at radius 2 is 1.70 bits per heavy atom. The zero-order valence-corrected chi connectivity index (χ0v) is 29.4. The van der Waals surface area contributed by atoms with Gasteiger partial charge in [0.2, 0.25) is 11.8 Å². The number of rotatable bonds is 16. The molecule has 0 heterocycles. The molecule has 0 aromatic heterocycles. The number of nitro benzene ring substituents is 1. The minimum atomic E-state index is -4.71. The largest absolute Gasteiger partial charge is 0.495 e. The maximum absolute atomic E-state index is 14.6. The monoisotopic (exact) mass is 724 g/mol. The van der Waals surface area contributed by atoms with Crippen molar-refractivity contribution in [1.82, 2.24) is 10.2 Å². The smallest absolute Gasteiger partial charge is 0.273 e. The Hall–Kier alpha value is -5.01. The molecular weight excluding hydrogens is 687 g/mol. The van der Waals surface area contributed by atoms with Gasteiger partial charge >= 0.3 is 0 Å². The maximum atomic E-state index is 14.6. The van der Waals surface area contributed by atoms with Crippen molar-refractivity contribution in [3.63, 3.8) is 0 Å². The van der Waals surface area contributed by atoms with Gasteiger partial charge in [-0.3, -0.25) is 24.0 Å². The summed E-state index contributed by atoms with van der Waals surface area (Å²) in [5, 5.41) is 14.8. The predicted octanol–water partition coefficient (Wildman–Crippen LogP) is 6.46. The van der Waals surface area contributed by atoms with Crippen molar-refractivity contribution in [3.05, 3.63) is 129 Å². The molecule has 50 heavy (non-hydrogen) atoms. The van der Waals surface area contributed by atoms with Crippen LogP contribution in [0.5, 0.6) is 5.75 Å². The number of amides is 2. The first-order valence-corrected chi connectivity index (χ1v) is 17.6. The quantitative estimate of drug-likeness (QED) is 0.0796. The van der Waals surface area contributed by atoms with Crippen LogP contribution >= 0.6 is 11.6 Å². The predicted molar refractivity (Wildman–Crippen MR) is 189 cm³/mol. The summed E-state index contributed by atoms with van der Waals surface area (Å²) >= 11 is 6.32. The lowest BCUT2D eigenvalue weighted by atomic mass is 10.0. The van der Waals surface area contributed by atoms with Crippen LogP contribution in [0.4, 0.5) is 15.8 Å². The summed E-state index contributed by atoms with van der Waals surface area (Å²) in [6.07, 6.45) is 1.59. The van der Waals surface area contributed by atoms with Crippen molar-refractivity contribution in [2.45, 2.75) is 50.6 Å². The van der Waals surface area contributed by atoms with Crippen LogP contribution in [-0.4, -0.2) is 56.3 Å². The SMILES string of the molecule is CCCCNC(=O)[C@@H](Cc1ccccc1)N(Cc1ccc(F)cc1)C(=O)CN(c1cc(Cl)ccc1OC)S(=O)(=O)c1ccc(C)c([N+](=O)[O-])c1. The Labute approximate surface area is 295 Å². The molecule has 0 unspecified atom stereocenters. The molecule has 4 aromatic rings. The Kier molecular flexibility index (Phi) is 12.9. The summed E-state index contributed by atoms with van der Waals surface area (Å²) in [6.45, 7) is 2.77. The number of nitrogens with one attached hydrogen (secondary N) is 1. The molecule has 0 aliphatic rings. The van der Waals surface area contributed by atoms with E-state index in [2.05, 4.69) is 5.32 Å². The summed E-state index contributed by atoms with van der Waals surface area (Å²) < 4.78 is 49.0. The molecule has 2 amide bonds. The number of benzene rings is 4. The number of halogens is 2. The van der Waals surface area contributed by atoms with E-state index in [9.17, 15) is 32.5 Å². The lowest BCUT2D eigenvalue weighted by molar-refractivity contribution is -0.385. The highest BCUT2D eigenvalue weighted by molar-refractivity contribution is 7.92. The first-order chi connectivity index (χ1) is 23.8. The van der Waals surface area contributed by atoms with Gasteiger partial charge in [0.15, 0.2) is 0 Å². The van der Waals surface area contributed by atoms with Crippen LogP contribution in [0, 0.1) is 22.9 Å². The Morgan fingerprint density at radius 1 is 1.00 bits per heavy atom. The van der Waals surface area contributed by atoms with Gasteiger partial charge in [0, 0.05) is 36.2 Å². The number of nitrogens with zero attached hydrogens (tertiary/aromatic N) is 3. The fourth-order valence-electron chi connectivity index (χ4n) is 5.29. The van der Waals surface area contributed by atoms with Gasteiger partial charge in [-0.2, -0.15) is 0 Å². The van der Waals surface area contributed by atoms with E-state index in [-0.39, 0.29) is 35.0 Å². The van der Waals surface area contributed by atoms with E-state index in [1.807, 2.05) is 25.1 Å². The second-order valence-electron chi connectivity index (χ2n) is 11.5. The van der Waals surface area contributed by atoms with Crippen LogP contribution in [0.15, 0.2) is 95.9 Å². The molecule has 4 aromatic carbocycles. The minimum absolute atomic E-state index is 0.0515. The van der Waals surface area contributed by atoms with E-state index < -0.39 is 55.7 Å². The molecule has 1 N–H and O–H groups in total. The molecule has 0 bridgehead atoms. The zero-order chi connectivity index (χ0) is 36.4. The molecular formula is C36H38ClFN4O7S. The number of aryl methyl sites for hydroxylation is 1. The van der Waals surface area contributed by atoms with E-state index in [0.717, 1.165) is 22.4 Å². The highest BCUT2D eigenvalue weighted by atomic mass is 35.5. The van der Waals surface area contributed by atoms with Crippen LogP contribution in [0.2, 0.25) is 5.02 Å². The van der Waals surface area contributed by atoms with Crippen molar-refractivity contribution >= 4 is 44.8 Å². The van der Waals surface area contributed by atoms with Crippen LogP contribution < -0.4 is 14.4 Å². The standard InChI is InChI=1S/C36H38ClFN4O7S/c1-4-5-19-39-36(44)33(20-26-9-7-6-8-10-26)40(23-27-12-15-29(38)16-13-27)35(43)24-41(32-21-28(37)14-18-34(32)49-3)50(47,48)30-17-11-25(2)31(22-30)42(45)46/h6-18,21-22,33H,4-5,19-20,23-24H2,1-3H3,(H,39,44)/t33-/m1/s1. The fourth-order valence-corrected chi connectivity index (χ4v) is 6.90. The average Bonchev–Trinajstić information content (AvgIpc) is 3.09. The van der Waals surface area contributed by atoms with E-state index in [1.165, 1.54) is 73.5 Å². The molecule has 0 radical (unpaired) electrons. The van der Waals surface area contributed by atoms with Crippen molar-refractivity contribution < 1.29 is 32.1 Å². The number of ether oxygens (including phenoxy) is 1. The Balaban J connectivity index is 1.87. The first-order valence-electron chi connectivity index (χ1n) is 15.8. The number of anilines is 1. The third-order valence-electron chi connectivity index (χ3n) is 8.02. The van der Waals surface area contributed by atoms with Crippen LogP contribution in [0.1, 0.15) is 36.5 Å².